The molecule has 0 saturated carbocycles. The molecular weight excluding hydrogens is 461 g/mol. The third-order valence-electron chi connectivity index (χ3n) is 5.60. The summed E-state index contributed by atoms with van der Waals surface area (Å²) in [5, 5.41) is 22.5. The molecule has 1 aromatic carbocycles. The van der Waals surface area contributed by atoms with Crippen LogP contribution in [0.15, 0.2) is 36.5 Å². The number of pyridine rings is 1. The summed E-state index contributed by atoms with van der Waals surface area (Å²) in [7, 11) is -2.07. The fourth-order valence-electron chi connectivity index (χ4n) is 3.51. The third-order valence-corrected chi connectivity index (χ3v) is 7.22. The molecule has 34 heavy (non-hydrogen) atoms. The zero-order valence-electron chi connectivity index (χ0n) is 19.6. The predicted octanol–water partition coefficient (Wildman–Crippen LogP) is 2.91. The van der Waals surface area contributed by atoms with Crippen molar-refractivity contribution in [3.63, 3.8) is 0 Å². The number of carbonyl (C=O) groups excluding carboxylic acids is 1. The van der Waals surface area contributed by atoms with Crippen LogP contribution in [-0.4, -0.2) is 58.3 Å². The van der Waals surface area contributed by atoms with Crippen LogP contribution in [0.2, 0.25) is 0 Å². The van der Waals surface area contributed by atoms with Crippen molar-refractivity contribution in [2.45, 2.75) is 52.0 Å². The van der Waals surface area contributed by atoms with E-state index in [1.54, 1.807) is 37.3 Å². The highest BCUT2D eigenvalue weighted by Crippen LogP contribution is 2.46. The van der Waals surface area contributed by atoms with Gasteiger partial charge in [-0.1, -0.05) is 18.2 Å². The molecule has 3 rings (SSSR count). The number of aryl methyl sites for hydroxylation is 1. The number of aliphatic hydroxyl groups excluding tert-OH is 1. The molecule has 0 bridgehead atoms. The van der Waals surface area contributed by atoms with Crippen molar-refractivity contribution in [2.24, 2.45) is 0 Å². The van der Waals surface area contributed by atoms with Gasteiger partial charge in [0, 0.05) is 30.4 Å². The smallest absolute Gasteiger partial charge is 0.459 e. The van der Waals surface area contributed by atoms with E-state index < -0.39 is 26.4 Å². The first-order valence-corrected chi connectivity index (χ1v) is 12.7. The molecule has 2 aromatic rings. The van der Waals surface area contributed by atoms with Crippen molar-refractivity contribution in [2.75, 3.05) is 20.1 Å². The lowest BCUT2D eigenvalue weighted by Gasteiger charge is -2.30. The maximum atomic E-state index is 13.6. The second-order valence-corrected chi connectivity index (χ2v) is 10.0. The Morgan fingerprint density at radius 3 is 2.62 bits per heavy atom. The van der Waals surface area contributed by atoms with Gasteiger partial charge in [0.05, 0.1) is 18.9 Å². The maximum absolute atomic E-state index is 13.6. The minimum absolute atomic E-state index is 0.162. The number of esters is 1. The van der Waals surface area contributed by atoms with Gasteiger partial charge in [0.15, 0.2) is 0 Å². The van der Waals surface area contributed by atoms with E-state index in [-0.39, 0.29) is 29.8 Å². The summed E-state index contributed by atoms with van der Waals surface area (Å²) in [6, 6.07) is 7.44. The van der Waals surface area contributed by atoms with Gasteiger partial charge in [0.2, 0.25) is 0 Å². The summed E-state index contributed by atoms with van der Waals surface area (Å²) >= 11 is 0. The second-order valence-electron chi connectivity index (χ2n) is 8.32. The predicted molar refractivity (Wildman–Crippen MR) is 125 cm³/mol. The van der Waals surface area contributed by atoms with Crippen LogP contribution in [0.4, 0.5) is 0 Å². The van der Waals surface area contributed by atoms with Gasteiger partial charge in [-0.3, -0.25) is 14.3 Å². The molecule has 186 valence electrons. The molecule has 1 aliphatic heterocycles. The molecule has 0 amide bonds. The van der Waals surface area contributed by atoms with Gasteiger partial charge in [-0.2, -0.15) is 5.09 Å². The van der Waals surface area contributed by atoms with E-state index >= 15 is 0 Å². The van der Waals surface area contributed by atoms with Gasteiger partial charge in [-0.25, -0.2) is 4.57 Å². The summed E-state index contributed by atoms with van der Waals surface area (Å²) in [6.45, 7) is 4.06. The van der Waals surface area contributed by atoms with Crippen molar-refractivity contribution in [3.8, 4) is 11.5 Å². The van der Waals surface area contributed by atoms with Gasteiger partial charge < -0.3 is 24.4 Å². The number of benzene rings is 1. The first kappa shape index (κ1) is 26.1. The summed E-state index contributed by atoms with van der Waals surface area (Å²) < 4.78 is 30.5. The lowest BCUT2D eigenvalue weighted by Crippen LogP contribution is -2.40. The summed E-state index contributed by atoms with van der Waals surface area (Å²) in [5.74, 6) is -0.437. The third kappa shape index (κ3) is 7.01. The van der Waals surface area contributed by atoms with Crippen molar-refractivity contribution < 1.29 is 33.4 Å². The molecule has 0 aliphatic carbocycles. The average Bonchev–Trinajstić information content (AvgIpc) is 2.82. The van der Waals surface area contributed by atoms with Gasteiger partial charge in [0.25, 0.3) is 0 Å². The van der Waals surface area contributed by atoms with E-state index in [9.17, 15) is 19.6 Å². The van der Waals surface area contributed by atoms with E-state index in [0.29, 0.717) is 11.3 Å². The second kappa shape index (κ2) is 11.8. The average molecular weight is 493 g/mol. The molecule has 1 aromatic heterocycles. The van der Waals surface area contributed by atoms with Gasteiger partial charge in [-0.15, -0.1) is 0 Å². The zero-order chi connectivity index (χ0) is 24.7. The molecule has 0 spiro atoms. The summed E-state index contributed by atoms with van der Waals surface area (Å²) in [4.78, 5) is 18.9. The monoisotopic (exact) mass is 493 g/mol. The van der Waals surface area contributed by atoms with E-state index in [0.717, 1.165) is 25.9 Å². The molecular formula is C23H32N3O7P. The number of hydrogen-bond donors (Lipinski definition) is 3. The lowest BCUT2D eigenvalue weighted by molar-refractivity contribution is -0.152. The Balaban J connectivity index is 1.73. The number of aliphatic hydroxyl groups is 1. The highest BCUT2D eigenvalue weighted by molar-refractivity contribution is 7.52. The summed E-state index contributed by atoms with van der Waals surface area (Å²) in [5.41, 5.74) is 0.902. The Hall–Kier alpha value is -2.49. The number of para-hydroxylation sites is 1. The minimum atomic E-state index is -4.09. The standard InChI is InChI=1S/C23H32N3O7P/c1-16-22(28)21(14-27)18(13-24-16)15-31-34(30,33-20-7-5-4-6-8-20)25-17(2)23(29)32-19-9-11-26(3)12-10-19/h4-8,13,17,19,27-28H,9-12,14-15H2,1-3H3,(H,25,30)/t17-,34-/m0/s1. The Morgan fingerprint density at radius 2 is 1.97 bits per heavy atom. The van der Waals surface area contributed by atoms with Crippen molar-refractivity contribution >= 4 is 13.7 Å². The van der Waals surface area contributed by atoms with Crippen LogP contribution in [0.1, 0.15) is 36.6 Å². The number of carbonyl (C=O) groups is 1. The zero-order valence-corrected chi connectivity index (χ0v) is 20.5. The molecule has 10 nitrogen and oxygen atoms in total. The number of rotatable bonds is 10. The molecule has 2 atom stereocenters. The van der Waals surface area contributed by atoms with Crippen molar-refractivity contribution in [1.82, 2.24) is 15.0 Å². The molecule has 3 N–H and O–H groups in total. The topological polar surface area (TPSA) is 130 Å². The van der Waals surface area contributed by atoms with E-state index in [4.69, 9.17) is 13.8 Å². The van der Waals surface area contributed by atoms with Crippen LogP contribution in [0.5, 0.6) is 11.5 Å². The molecule has 1 saturated heterocycles. The Kier molecular flexibility index (Phi) is 9.04. The lowest BCUT2D eigenvalue weighted by atomic mass is 10.1. The fraction of sp³-hybridized carbons (Fsp3) is 0.478. The van der Waals surface area contributed by atoms with Crippen LogP contribution in [0.25, 0.3) is 0 Å². The Morgan fingerprint density at radius 1 is 1.29 bits per heavy atom. The minimum Gasteiger partial charge on any atom is -0.506 e. The number of hydrogen-bond acceptors (Lipinski definition) is 9. The highest BCUT2D eigenvalue weighted by Gasteiger charge is 2.34. The van der Waals surface area contributed by atoms with Crippen LogP contribution in [0.3, 0.4) is 0 Å². The normalized spacial score (nSPS) is 17.6. The maximum Gasteiger partial charge on any atom is 0.459 e. The number of aromatic nitrogens is 1. The van der Waals surface area contributed by atoms with Gasteiger partial charge in [-0.05, 0) is 45.9 Å². The molecule has 0 radical (unpaired) electrons. The van der Waals surface area contributed by atoms with E-state index in [1.165, 1.54) is 13.1 Å². The first-order valence-electron chi connectivity index (χ1n) is 11.1. The van der Waals surface area contributed by atoms with Crippen LogP contribution in [0, 0.1) is 6.92 Å². The first-order chi connectivity index (χ1) is 16.2. The number of piperidine rings is 1. The fourth-order valence-corrected chi connectivity index (χ4v) is 4.98. The van der Waals surface area contributed by atoms with Crippen LogP contribution < -0.4 is 9.61 Å². The Labute approximate surface area is 199 Å². The molecule has 2 heterocycles. The largest absolute Gasteiger partial charge is 0.506 e. The number of aromatic hydroxyl groups is 1. The Bertz CT molecular complexity index is 1010. The number of nitrogens with zero attached hydrogens (tertiary/aromatic N) is 2. The molecule has 1 fully saturated rings. The SMILES string of the molecule is Cc1ncc(CO[P@@](=O)(N[C@@H](C)C(=O)OC2CCN(C)CC2)Oc2ccccc2)c(CO)c1O. The van der Waals surface area contributed by atoms with Crippen LogP contribution >= 0.6 is 7.75 Å². The molecule has 0 unspecified atom stereocenters. The van der Waals surface area contributed by atoms with Crippen molar-refractivity contribution in [3.05, 3.63) is 53.3 Å². The molecule has 1 aliphatic rings. The number of nitrogens with one attached hydrogen (secondary N) is 1. The number of likely N-dealkylation sites (tertiary alicyclic amines) is 1. The van der Waals surface area contributed by atoms with E-state index in [2.05, 4.69) is 15.0 Å². The highest BCUT2D eigenvalue weighted by atomic mass is 31.2. The van der Waals surface area contributed by atoms with Crippen LogP contribution in [-0.2, 0) is 31.8 Å². The van der Waals surface area contributed by atoms with Crippen molar-refractivity contribution in [1.29, 1.82) is 0 Å². The molecule has 11 heteroatoms. The quantitative estimate of drug-likeness (QED) is 0.335. The van der Waals surface area contributed by atoms with Gasteiger partial charge >= 0.3 is 13.7 Å². The summed E-state index contributed by atoms with van der Waals surface area (Å²) in [6.07, 6.45) is 2.69. The van der Waals surface area contributed by atoms with E-state index in [1.807, 2.05) is 7.05 Å². The number of ether oxygens (including phenoxy) is 1. The van der Waals surface area contributed by atoms with Gasteiger partial charge in [0.1, 0.15) is 23.6 Å².